The molecule has 5 heteroatoms. The number of benzene rings is 1. The third-order valence-electron chi connectivity index (χ3n) is 4.51. The average molecular weight is 322 g/mol. The van der Waals surface area contributed by atoms with Crippen LogP contribution in [0.15, 0.2) is 53.1 Å². The van der Waals surface area contributed by atoms with E-state index < -0.39 is 0 Å². The van der Waals surface area contributed by atoms with E-state index in [0.717, 1.165) is 37.0 Å². The Morgan fingerprint density at radius 3 is 2.58 bits per heavy atom. The zero-order valence-electron chi connectivity index (χ0n) is 13.9. The summed E-state index contributed by atoms with van der Waals surface area (Å²) < 4.78 is 7.70. The molecule has 5 nitrogen and oxygen atoms in total. The zero-order valence-corrected chi connectivity index (χ0v) is 13.9. The van der Waals surface area contributed by atoms with Gasteiger partial charge < -0.3 is 8.98 Å². The predicted octanol–water partition coefficient (Wildman–Crippen LogP) is 3.49. The van der Waals surface area contributed by atoms with E-state index in [1.807, 2.05) is 18.2 Å². The smallest absolute Gasteiger partial charge is 0.147 e. The summed E-state index contributed by atoms with van der Waals surface area (Å²) >= 11 is 0. The van der Waals surface area contributed by atoms with Crippen molar-refractivity contribution in [3.63, 3.8) is 0 Å². The van der Waals surface area contributed by atoms with Crippen LogP contribution in [-0.2, 0) is 26.7 Å². The van der Waals surface area contributed by atoms with Crippen LogP contribution in [0.3, 0.4) is 0 Å². The van der Waals surface area contributed by atoms with Gasteiger partial charge in [0.25, 0.3) is 0 Å². The maximum Gasteiger partial charge on any atom is 0.147 e. The van der Waals surface area contributed by atoms with Gasteiger partial charge in [0, 0.05) is 19.5 Å². The molecule has 1 aromatic carbocycles. The van der Waals surface area contributed by atoms with Crippen molar-refractivity contribution in [2.75, 3.05) is 0 Å². The SMILES string of the molecule is Cn1c(CN(Cc2ccccc2)Cc2ccco2)nnc1C1CC1. The third kappa shape index (κ3) is 3.41. The molecule has 0 bridgehead atoms. The summed E-state index contributed by atoms with van der Waals surface area (Å²) in [7, 11) is 2.08. The Morgan fingerprint density at radius 1 is 1.04 bits per heavy atom. The van der Waals surface area contributed by atoms with Crippen LogP contribution in [0.25, 0.3) is 0 Å². The summed E-state index contributed by atoms with van der Waals surface area (Å²) in [4.78, 5) is 2.34. The van der Waals surface area contributed by atoms with E-state index in [2.05, 4.69) is 51.0 Å². The van der Waals surface area contributed by atoms with Gasteiger partial charge in [-0.1, -0.05) is 30.3 Å². The first kappa shape index (κ1) is 15.1. The van der Waals surface area contributed by atoms with Crippen molar-refractivity contribution in [3.8, 4) is 0 Å². The number of hydrogen-bond donors (Lipinski definition) is 0. The first-order valence-corrected chi connectivity index (χ1v) is 8.46. The molecule has 3 aromatic rings. The van der Waals surface area contributed by atoms with E-state index in [1.54, 1.807) is 6.26 Å². The predicted molar refractivity (Wildman–Crippen MR) is 91.1 cm³/mol. The second-order valence-corrected chi connectivity index (χ2v) is 6.52. The summed E-state index contributed by atoms with van der Waals surface area (Å²) in [6, 6.07) is 14.5. The lowest BCUT2D eigenvalue weighted by Gasteiger charge is -2.21. The van der Waals surface area contributed by atoms with E-state index in [0.29, 0.717) is 5.92 Å². The maximum absolute atomic E-state index is 5.54. The van der Waals surface area contributed by atoms with Crippen molar-refractivity contribution in [1.82, 2.24) is 19.7 Å². The molecule has 0 N–H and O–H groups in total. The fourth-order valence-electron chi connectivity index (χ4n) is 3.04. The second-order valence-electron chi connectivity index (χ2n) is 6.52. The molecule has 1 fully saturated rings. The maximum atomic E-state index is 5.54. The van der Waals surface area contributed by atoms with Gasteiger partial charge in [0.15, 0.2) is 0 Å². The highest BCUT2D eigenvalue weighted by Crippen LogP contribution is 2.38. The summed E-state index contributed by atoms with van der Waals surface area (Å²) in [6.45, 7) is 2.37. The summed E-state index contributed by atoms with van der Waals surface area (Å²) in [5.74, 6) is 3.72. The first-order chi connectivity index (χ1) is 11.8. The first-order valence-electron chi connectivity index (χ1n) is 8.46. The van der Waals surface area contributed by atoms with Gasteiger partial charge in [-0.25, -0.2) is 0 Å². The highest BCUT2D eigenvalue weighted by molar-refractivity contribution is 5.15. The standard InChI is InChI=1S/C19H22N4O/c1-22-18(20-21-19(22)16-9-10-16)14-23(13-17-8-5-11-24-17)12-15-6-3-2-4-7-15/h2-8,11,16H,9-10,12-14H2,1H3. The van der Waals surface area contributed by atoms with Crippen molar-refractivity contribution in [1.29, 1.82) is 0 Å². The van der Waals surface area contributed by atoms with Crippen LogP contribution in [0.2, 0.25) is 0 Å². The van der Waals surface area contributed by atoms with Gasteiger partial charge in [-0.2, -0.15) is 0 Å². The molecule has 0 spiro atoms. The van der Waals surface area contributed by atoms with E-state index in [9.17, 15) is 0 Å². The Labute approximate surface area is 141 Å². The van der Waals surface area contributed by atoms with E-state index in [-0.39, 0.29) is 0 Å². The van der Waals surface area contributed by atoms with Gasteiger partial charge in [-0.15, -0.1) is 10.2 Å². The highest BCUT2D eigenvalue weighted by atomic mass is 16.3. The van der Waals surface area contributed by atoms with Gasteiger partial charge in [0.1, 0.15) is 17.4 Å². The van der Waals surface area contributed by atoms with Gasteiger partial charge in [0.05, 0.1) is 19.4 Å². The highest BCUT2D eigenvalue weighted by Gasteiger charge is 2.29. The lowest BCUT2D eigenvalue weighted by atomic mass is 10.2. The van der Waals surface area contributed by atoms with Gasteiger partial charge in [0.2, 0.25) is 0 Å². The fourth-order valence-corrected chi connectivity index (χ4v) is 3.04. The molecule has 124 valence electrons. The molecule has 1 aliphatic carbocycles. The third-order valence-corrected chi connectivity index (χ3v) is 4.51. The molecule has 0 unspecified atom stereocenters. The molecular weight excluding hydrogens is 300 g/mol. The molecule has 2 aromatic heterocycles. The van der Waals surface area contributed by atoms with Gasteiger partial charge in [-0.05, 0) is 30.5 Å². The molecule has 0 saturated heterocycles. The van der Waals surface area contributed by atoms with Crippen LogP contribution >= 0.6 is 0 Å². The molecule has 0 radical (unpaired) electrons. The number of nitrogens with zero attached hydrogens (tertiary/aromatic N) is 4. The fraction of sp³-hybridized carbons (Fsp3) is 0.368. The average Bonchev–Trinajstić information content (AvgIpc) is 3.19. The van der Waals surface area contributed by atoms with E-state index >= 15 is 0 Å². The minimum Gasteiger partial charge on any atom is -0.468 e. The van der Waals surface area contributed by atoms with Crippen molar-refractivity contribution in [2.45, 2.75) is 38.4 Å². The summed E-state index contributed by atoms with van der Waals surface area (Å²) in [6.07, 6.45) is 4.21. The normalized spacial score (nSPS) is 14.4. The van der Waals surface area contributed by atoms with Crippen LogP contribution in [0.1, 0.15) is 41.7 Å². The van der Waals surface area contributed by atoms with Crippen molar-refractivity contribution >= 4 is 0 Å². The Hall–Kier alpha value is -2.40. The topological polar surface area (TPSA) is 47.1 Å². The van der Waals surface area contributed by atoms with Crippen LogP contribution in [0, 0.1) is 0 Å². The summed E-state index contributed by atoms with van der Waals surface area (Å²) in [5.41, 5.74) is 1.29. The Bertz CT molecular complexity index is 775. The molecule has 0 atom stereocenters. The van der Waals surface area contributed by atoms with Gasteiger partial charge in [-0.3, -0.25) is 4.90 Å². The van der Waals surface area contributed by atoms with Crippen molar-refractivity contribution in [2.24, 2.45) is 7.05 Å². The lowest BCUT2D eigenvalue weighted by molar-refractivity contribution is 0.219. The van der Waals surface area contributed by atoms with Crippen LogP contribution in [0.4, 0.5) is 0 Å². The minimum absolute atomic E-state index is 0.615. The van der Waals surface area contributed by atoms with Crippen molar-refractivity contribution in [3.05, 3.63) is 71.7 Å². The zero-order chi connectivity index (χ0) is 16.4. The van der Waals surface area contributed by atoms with Crippen LogP contribution in [0.5, 0.6) is 0 Å². The number of hydrogen-bond acceptors (Lipinski definition) is 4. The molecule has 1 saturated carbocycles. The largest absolute Gasteiger partial charge is 0.468 e. The molecule has 4 rings (SSSR count). The number of furan rings is 1. The molecule has 24 heavy (non-hydrogen) atoms. The van der Waals surface area contributed by atoms with Crippen molar-refractivity contribution < 1.29 is 4.42 Å². The van der Waals surface area contributed by atoms with Crippen LogP contribution < -0.4 is 0 Å². The van der Waals surface area contributed by atoms with Crippen LogP contribution in [-0.4, -0.2) is 19.7 Å². The molecule has 1 aliphatic rings. The molecular formula is C19H22N4O. The number of aromatic nitrogens is 3. The molecule has 0 aliphatic heterocycles. The number of rotatable bonds is 7. The minimum atomic E-state index is 0.615. The quantitative estimate of drug-likeness (QED) is 0.668. The lowest BCUT2D eigenvalue weighted by Crippen LogP contribution is -2.24. The Kier molecular flexibility index (Phi) is 4.17. The van der Waals surface area contributed by atoms with E-state index in [1.165, 1.54) is 18.4 Å². The second kappa shape index (κ2) is 6.61. The van der Waals surface area contributed by atoms with Gasteiger partial charge >= 0.3 is 0 Å². The monoisotopic (exact) mass is 322 g/mol. The molecule has 0 amide bonds. The molecule has 2 heterocycles. The van der Waals surface area contributed by atoms with E-state index in [4.69, 9.17) is 4.42 Å². The summed E-state index contributed by atoms with van der Waals surface area (Å²) in [5, 5.41) is 8.83. The Balaban J connectivity index is 1.53. The Morgan fingerprint density at radius 2 is 1.88 bits per heavy atom.